The third-order valence-corrected chi connectivity index (χ3v) is 3.19. The first-order valence-corrected chi connectivity index (χ1v) is 6.77. The Labute approximate surface area is 115 Å². The Bertz CT molecular complexity index is 357. The Morgan fingerprint density at radius 2 is 2.11 bits per heavy atom. The number of nitrogens with one attached hydrogen (secondary N) is 1. The molecule has 0 saturated carbocycles. The van der Waals surface area contributed by atoms with E-state index >= 15 is 0 Å². The summed E-state index contributed by atoms with van der Waals surface area (Å²) in [6.45, 7) is 3.64. The zero-order valence-corrected chi connectivity index (χ0v) is 12.1. The van der Waals surface area contributed by atoms with Crippen molar-refractivity contribution in [3.8, 4) is 5.75 Å². The first kappa shape index (κ1) is 16.0. The SMILES string of the molecule is CCC(NCCCOC)C(O)c1cccc(OC)c1. The number of hydrogen-bond donors (Lipinski definition) is 2. The van der Waals surface area contributed by atoms with Crippen molar-refractivity contribution in [2.24, 2.45) is 0 Å². The molecular formula is C15H25NO3. The molecule has 0 radical (unpaired) electrons. The standard InChI is InChI=1S/C15H25NO3/c1-4-14(16-9-6-10-18-2)15(17)12-7-5-8-13(11-12)19-3/h5,7-8,11,14-17H,4,6,9-10H2,1-3H3. The monoisotopic (exact) mass is 267 g/mol. The van der Waals surface area contributed by atoms with Crippen LogP contribution in [-0.4, -0.2) is 38.5 Å². The molecule has 2 N–H and O–H groups in total. The maximum absolute atomic E-state index is 10.4. The second-order valence-corrected chi connectivity index (χ2v) is 4.54. The van der Waals surface area contributed by atoms with Gasteiger partial charge in [0.2, 0.25) is 0 Å². The molecule has 0 aliphatic heterocycles. The van der Waals surface area contributed by atoms with E-state index < -0.39 is 6.10 Å². The van der Waals surface area contributed by atoms with Crippen LogP contribution in [0.2, 0.25) is 0 Å². The van der Waals surface area contributed by atoms with Crippen molar-refractivity contribution >= 4 is 0 Å². The van der Waals surface area contributed by atoms with Crippen molar-refractivity contribution in [3.05, 3.63) is 29.8 Å². The number of rotatable bonds is 9. The Hall–Kier alpha value is -1.10. The summed E-state index contributed by atoms with van der Waals surface area (Å²) in [5, 5.41) is 13.8. The molecule has 1 aromatic rings. The van der Waals surface area contributed by atoms with E-state index in [1.165, 1.54) is 0 Å². The minimum Gasteiger partial charge on any atom is -0.497 e. The summed E-state index contributed by atoms with van der Waals surface area (Å²) in [5.74, 6) is 0.769. The van der Waals surface area contributed by atoms with Gasteiger partial charge in [-0.1, -0.05) is 19.1 Å². The number of aliphatic hydroxyl groups excluding tert-OH is 1. The molecule has 0 bridgehead atoms. The highest BCUT2D eigenvalue weighted by Crippen LogP contribution is 2.22. The molecule has 1 rings (SSSR count). The van der Waals surface area contributed by atoms with Crippen molar-refractivity contribution < 1.29 is 14.6 Å². The summed E-state index contributed by atoms with van der Waals surface area (Å²) in [6, 6.07) is 7.62. The average Bonchev–Trinajstić information content (AvgIpc) is 2.47. The lowest BCUT2D eigenvalue weighted by atomic mass is 10.00. The summed E-state index contributed by atoms with van der Waals surface area (Å²) in [6.07, 6.45) is 1.28. The van der Waals surface area contributed by atoms with E-state index in [0.29, 0.717) is 0 Å². The highest BCUT2D eigenvalue weighted by molar-refractivity contribution is 5.30. The van der Waals surface area contributed by atoms with E-state index in [1.54, 1.807) is 14.2 Å². The number of aliphatic hydroxyl groups is 1. The summed E-state index contributed by atoms with van der Waals surface area (Å²) < 4.78 is 10.2. The third-order valence-electron chi connectivity index (χ3n) is 3.19. The first-order chi connectivity index (χ1) is 9.22. The van der Waals surface area contributed by atoms with Gasteiger partial charge >= 0.3 is 0 Å². The fraction of sp³-hybridized carbons (Fsp3) is 0.600. The average molecular weight is 267 g/mol. The van der Waals surface area contributed by atoms with Gasteiger partial charge in [0.15, 0.2) is 0 Å². The smallest absolute Gasteiger partial charge is 0.119 e. The maximum atomic E-state index is 10.4. The van der Waals surface area contributed by atoms with Gasteiger partial charge in [0, 0.05) is 19.8 Å². The van der Waals surface area contributed by atoms with Crippen LogP contribution < -0.4 is 10.1 Å². The molecule has 2 unspecified atom stereocenters. The van der Waals surface area contributed by atoms with Crippen molar-refractivity contribution in [2.45, 2.75) is 31.9 Å². The molecule has 2 atom stereocenters. The Morgan fingerprint density at radius 3 is 2.74 bits per heavy atom. The van der Waals surface area contributed by atoms with E-state index in [4.69, 9.17) is 9.47 Å². The highest BCUT2D eigenvalue weighted by Gasteiger charge is 2.18. The van der Waals surface area contributed by atoms with Gasteiger partial charge in [-0.2, -0.15) is 0 Å². The second kappa shape index (κ2) is 8.91. The zero-order valence-electron chi connectivity index (χ0n) is 12.1. The largest absolute Gasteiger partial charge is 0.497 e. The van der Waals surface area contributed by atoms with Gasteiger partial charge in [-0.15, -0.1) is 0 Å². The van der Waals surface area contributed by atoms with Crippen LogP contribution in [0, 0.1) is 0 Å². The van der Waals surface area contributed by atoms with Crippen molar-refractivity contribution in [3.63, 3.8) is 0 Å². The number of methoxy groups -OCH3 is 2. The lowest BCUT2D eigenvalue weighted by Gasteiger charge is -2.23. The van der Waals surface area contributed by atoms with Crippen LogP contribution in [0.1, 0.15) is 31.4 Å². The van der Waals surface area contributed by atoms with Gasteiger partial charge in [0.25, 0.3) is 0 Å². The molecule has 1 aromatic carbocycles. The highest BCUT2D eigenvalue weighted by atomic mass is 16.5. The molecule has 0 heterocycles. The zero-order chi connectivity index (χ0) is 14.1. The predicted molar refractivity (Wildman–Crippen MR) is 76.5 cm³/mol. The number of hydrogen-bond acceptors (Lipinski definition) is 4. The normalized spacial score (nSPS) is 14.1. The van der Waals surface area contributed by atoms with Crippen LogP contribution in [0.3, 0.4) is 0 Å². The Morgan fingerprint density at radius 1 is 1.32 bits per heavy atom. The molecule has 0 amide bonds. The van der Waals surface area contributed by atoms with Crippen LogP contribution in [-0.2, 0) is 4.74 Å². The fourth-order valence-corrected chi connectivity index (χ4v) is 2.04. The molecule has 108 valence electrons. The summed E-state index contributed by atoms with van der Waals surface area (Å²) in [7, 11) is 3.33. The van der Waals surface area contributed by atoms with Gasteiger partial charge in [-0.05, 0) is 37.1 Å². The molecule has 0 fully saturated rings. The lowest BCUT2D eigenvalue weighted by molar-refractivity contribution is 0.122. The van der Waals surface area contributed by atoms with E-state index in [0.717, 1.165) is 37.3 Å². The molecule has 0 aromatic heterocycles. The Balaban J connectivity index is 2.58. The van der Waals surface area contributed by atoms with Gasteiger partial charge in [-0.3, -0.25) is 0 Å². The van der Waals surface area contributed by atoms with Crippen LogP contribution >= 0.6 is 0 Å². The van der Waals surface area contributed by atoms with E-state index in [2.05, 4.69) is 12.2 Å². The minimum absolute atomic E-state index is 0.0453. The van der Waals surface area contributed by atoms with Gasteiger partial charge < -0.3 is 19.9 Å². The minimum atomic E-state index is -0.525. The third kappa shape index (κ3) is 5.19. The molecular weight excluding hydrogens is 242 g/mol. The predicted octanol–water partition coefficient (Wildman–Crippen LogP) is 2.13. The lowest BCUT2D eigenvalue weighted by Crippen LogP contribution is -2.35. The van der Waals surface area contributed by atoms with E-state index in [-0.39, 0.29) is 6.04 Å². The van der Waals surface area contributed by atoms with Crippen molar-refractivity contribution in [2.75, 3.05) is 27.4 Å². The van der Waals surface area contributed by atoms with Gasteiger partial charge in [0.1, 0.15) is 5.75 Å². The molecule has 0 saturated heterocycles. The topological polar surface area (TPSA) is 50.7 Å². The van der Waals surface area contributed by atoms with Crippen LogP contribution in [0.5, 0.6) is 5.75 Å². The second-order valence-electron chi connectivity index (χ2n) is 4.54. The van der Waals surface area contributed by atoms with Gasteiger partial charge in [-0.25, -0.2) is 0 Å². The summed E-state index contributed by atoms with van der Waals surface area (Å²) in [5.41, 5.74) is 0.880. The van der Waals surface area contributed by atoms with Crippen molar-refractivity contribution in [1.82, 2.24) is 5.32 Å². The van der Waals surface area contributed by atoms with Crippen LogP contribution in [0.15, 0.2) is 24.3 Å². The molecule has 0 spiro atoms. The molecule has 0 aliphatic rings. The van der Waals surface area contributed by atoms with Crippen molar-refractivity contribution in [1.29, 1.82) is 0 Å². The van der Waals surface area contributed by atoms with E-state index in [9.17, 15) is 5.11 Å². The number of benzene rings is 1. The fourth-order valence-electron chi connectivity index (χ4n) is 2.04. The summed E-state index contributed by atoms with van der Waals surface area (Å²) >= 11 is 0. The molecule has 19 heavy (non-hydrogen) atoms. The molecule has 0 aliphatic carbocycles. The van der Waals surface area contributed by atoms with Gasteiger partial charge in [0.05, 0.1) is 13.2 Å². The van der Waals surface area contributed by atoms with E-state index in [1.807, 2.05) is 24.3 Å². The number of ether oxygens (including phenoxy) is 2. The van der Waals surface area contributed by atoms with Crippen LogP contribution in [0.25, 0.3) is 0 Å². The quantitative estimate of drug-likeness (QED) is 0.673. The Kier molecular flexibility index (Phi) is 7.48. The first-order valence-electron chi connectivity index (χ1n) is 6.77. The molecule has 4 nitrogen and oxygen atoms in total. The summed E-state index contributed by atoms with van der Waals surface area (Å²) in [4.78, 5) is 0. The van der Waals surface area contributed by atoms with Crippen LogP contribution in [0.4, 0.5) is 0 Å². The molecule has 4 heteroatoms. The maximum Gasteiger partial charge on any atom is 0.119 e.